The molecule has 0 aliphatic rings. The molecule has 5 nitrogen and oxygen atoms in total. The van der Waals surface area contributed by atoms with E-state index in [0.717, 1.165) is 11.0 Å². The number of quaternary nitrogens is 1. The number of carbonyl (C=O) groups is 1. The Morgan fingerprint density at radius 3 is 1.92 bits per heavy atom. The maximum Gasteiger partial charge on any atom is 0.101 e. The number of carboxylic acid groups (broad SMARTS) is 1. The van der Waals surface area contributed by atoms with E-state index in [1.165, 1.54) is 0 Å². The molecule has 0 saturated heterocycles. The van der Waals surface area contributed by atoms with Gasteiger partial charge in [-0.1, -0.05) is 0 Å². The molecule has 0 aromatic heterocycles. The molecule has 13 heavy (non-hydrogen) atoms. The average Bonchev–Trinajstić information content (AvgIpc) is 1.84. The molecule has 0 aromatic rings. The predicted molar refractivity (Wildman–Crippen MR) is 48.7 cm³/mol. The van der Waals surface area contributed by atoms with Crippen LogP contribution in [0, 0.1) is 0 Å². The summed E-state index contributed by atoms with van der Waals surface area (Å²) < 4.78 is 0.844. The fourth-order valence-corrected chi connectivity index (χ4v) is 0.418. The highest BCUT2D eigenvalue weighted by molar-refractivity contribution is 5.64. The number of rotatable bonds is 4. The molecule has 0 spiro atoms. The summed E-state index contributed by atoms with van der Waals surface area (Å²) in [5.41, 5.74) is 4.81. The van der Waals surface area contributed by atoms with Crippen LogP contribution in [0.5, 0.6) is 0 Å². The first-order valence-corrected chi connectivity index (χ1v) is 4.14. The van der Waals surface area contributed by atoms with Crippen LogP contribution in [-0.4, -0.2) is 56.4 Å². The van der Waals surface area contributed by atoms with Crippen molar-refractivity contribution in [3.8, 4) is 0 Å². The second kappa shape index (κ2) is 7.97. The third-order valence-corrected chi connectivity index (χ3v) is 1.12. The molecule has 0 aliphatic heterocycles. The van der Waals surface area contributed by atoms with Crippen LogP contribution in [0.3, 0.4) is 0 Å². The minimum Gasteiger partial charge on any atom is -0.550 e. The fourth-order valence-electron chi connectivity index (χ4n) is 0.418. The second-order valence-electron chi connectivity index (χ2n) is 3.65. The predicted octanol–water partition coefficient (Wildman–Crippen LogP) is -2.23. The Balaban J connectivity index is 0. The molecule has 0 fully saturated rings. The van der Waals surface area contributed by atoms with Crippen LogP contribution in [0.2, 0.25) is 0 Å². The number of aliphatic carboxylic acids is 1. The number of carbonyl (C=O) groups excluding carboxylic acids is 1. The maximum atomic E-state index is 9.41. The molecule has 0 unspecified atom stereocenters. The third kappa shape index (κ3) is 24.6. The SMILES string of the molecule is C[N+](C)(C)CCO.NCCC(=O)[O-]. The van der Waals surface area contributed by atoms with Crippen LogP contribution >= 0.6 is 0 Å². The van der Waals surface area contributed by atoms with Crippen LogP contribution in [0.4, 0.5) is 0 Å². The number of nitrogens with zero attached hydrogens (tertiary/aromatic N) is 1. The molecule has 0 amide bonds. The fraction of sp³-hybridized carbons (Fsp3) is 0.875. The van der Waals surface area contributed by atoms with Gasteiger partial charge in [-0.25, -0.2) is 0 Å². The highest BCUT2D eigenvalue weighted by Crippen LogP contribution is 1.84. The van der Waals surface area contributed by atoms with Crippen molar-refractivity contribution >= 4 is 5.97 Å². The van der Waals surface area contributed by atoms with E-state index in [1.807, 2.05) is 0 Å². The van der Waals surface area contributed by atoms with Gasteiger partial charge in [-0.15, -0.1) is 0 Å². The number of aliphatic hydroxyl groups is 1. The number of nitrogens with two attached hydrogens (primary N) is 1. The van der Waals surface area contributed by atoms with Crippen LogP contribution < -0.4 is 10.8 Å². The lowest BCUT2D eigenvalue weighted by Crippen LogP contribution is -2.36. The Morgan fingerprint density at radius 2 is 1.92 bits per heavy atom. The van der Waals surface area contributed by atoms with Gasteiger partial charge in [-0.3, -0.25) is 0 Å². The number of hydrogen-bond donors (Lipinski definition) is 2. The van der Waals surface area contributed by atoms with E-state index < -0.39 is 5.97 Å². The van der Waals surface area contributed by atoms with Gasteiger partial charge in [-0.2, -0.15) is 0 Å². The zero-order valence-electron chi connectivity index (χ0n) is 8.62. The van der Waals surface area contributed by atoms with E-state index >= 15 is 0 Å². The quantitative estimate of drug-likeness (QED) is 0.494. The summed E-state index contributed by atoms with van der Waals surface area (Å²) in [6.45, 7) is 1.28. The van der Waals surface area contributed by atoms with Gasteiger partial charge in [0.05, 0.1) is 27.7 Å². The molecule has 0 bridgehead atoms. The van der Waals surface area contributed by atoms with Crippen molar-refractivity contribution in [1.29, 1.82) is 0 Å². The molecule has 0 rings (SSSR count). The summed E-state index contributed by atoms with van der Waals surface area (Å²) in [4.78, 5) is 9.41. The Hall–Kier alpha value is -0.650. The van der Waals surface area contributed by atoms with E-state index in [2.05, 4.69) is 21.1 Å². The summed E-state index contributed by atoms with van der Waals surface area (Å²) in [5, 5.41) is 17.8. The molecule has 0 atom stereocenters. The van der Waals surface area contributed by atoms with Crippen molar-refractivity contribution in [1.82, 2.24) is 0 Å². The Morgan fingerprint density at radius 1 is 1.46 bits per heavy atom. The lowest BCUT2D eigenvalue weighted by molar-refractivity contribution is -0.870. The van der Waals surface area contributed by atoms with Crippen molar-refractivity contribution in [2.75, 3.05) is 40.8 Å². The first kappa shape index (κ1) is 14.9. The second-order valence-corrected chi connectivity index (χ2v) is 3.65. The van der Waals surface area contributed by atoms with E-state index in [-0.39, 0.29) is 19.6 Å². The topological polar surface area (TPSA) is 86.4 Å². The van der Waals surface area contributed by atoms with Gasteiger partial charge in [0.15, 0.2) is 0 Å². The van der Waals surface area contributed by atoms with Gasteiger partial charge in [0.1, 0.15) is 6.54 Å². The van der Waals surface area contributed by atoms with Gasteiger partial charge in [0.2, 0.25) is 0 Å². The molecule has 80 valence electrons. The molecule has 0 heterocycles. The normalized spacial score (nSPS) is 10.2. The van der Waals surface area contributed by atoms with E-state index in [4.69, 9.17) is 10.8 Å². The van der Waals surface area contributed by atoms with Crippen molar-refractivity contribution in [3.63, 3.8) is 0 Å². The van der Waals surface area contributed by atoms with Crippen LogP contribution in [0.1, 0.15) is 6.42 Å². The van der Waals surface area contributed by atoms with Gasteiger partial charge < -0.3 is 25.2 Å². The number of carboxylic acids is 1. The van der Waals surface area contributed by atoms with Crippen molar-refractivity contribution in [2.24, 2.45) is 5.73 Å². The summed E-state index contributed by atoms with van der Waals surface area (Å²) in [5.74, 6) is -1.09. The summed E-state index contributed by atoms with van der Waals surface area (Å²) >= 11 is 0. The molecule has 0 saturated carbocycles. The number of likely N-dealkylation sites (N-methyl/N-ethyl adjacent to an activating group) is 1. The number of hydrogen-bond acceptors (Lipinski definition) is 4. The Kier molecular flexibility index (Phi) is 9.11. The summed E-state index contributed by atoms with van der Waals surface area (Å²) in [6, 6.07) is 0. The molecule has 5 heteroatoms. The monoisotopic (exact) mass is 192 g/mol. The minimum absolute atomic E-state index is 0.0417. The van der Waals surface area contributed by atoms with Crippen molar-refractivity contribution in [2.45, 2.75) is 6.42 Å². The molecule has 0 aliphatic carbocycles. The Labute approximate surface area is 79.4 Å². The van der Waals surface area contributed by atoms with Gasteiger partial charge in [-0.05, 0) is 13.0 Å². The molecule has 0 aromatic carbocycles. The largest absolute Gasteiger partial charge is 0.550 e. The number of aliphatic hydroxyl groups excluding tert-OH is 1. The van der Waals surface area contributed by atoms with E-state index in [9.17, 15) is 9.90 Å². The summed E-state index contributed by atoms with van der Waals surface area (Å²) in [7, 11) is 6.16. The zero-order valence-corrected chi connectivity index (χ0v) is 8.62. The van der Waals surface area contributed by atoms with Crippen LogP contribution in [0.25, 0.3) is 0 Å². The average molecular weight is 192 g/mol. The first-order chi connectivity index (χ1) is 5.83. The first-order valence-electron chi connectivity index (χ1n) is 4.14. The van der Waals surface area contributed by atoms with Crippen molar-refractivity contribution in [3.05, 3.63) is 0 Å². The van der Waals surface area contributed by atoms with Gasteiger partial charge in [0.25, 0.3) is 0 Å². The molecule has 0 radical (unpaired) electrons. The van der Waals surface area contributed by atoms with Crippen molar-refractivity contribution < 1.29 is 19.5 Å². The van der Waals surface area contributed by atoms with Gasteiger partial charge >= 0.3 is 0 Å². The van der Waals surface area contributed by atoms with E-state index in [1.54, 1.807) is 0 Å². The lowest BCUT2D eigenvalue weighted by Gasteiger charge is -2.21. The highest BCUT2D eigenvalue weighted by atomic mass is 16.4. The minimum atomic E-state index is -1.09. The summed E-state index contributed by atoms with van der Waals surface area (Å²) in [6.07, 6.45) is -0.0417. The third-order valence-electron chi connectivity index (χ3n) is 1.12. The highest BCUT2D eigenvalue weighted by Gasteiger charge is 2.02. The molecule has 3 N–H and O–H groups in total. The van der Waals surface area contributed by atoms with Crippen LogP contribution in [0.15, 0.2) is 0 Å². The molecular formula is C8H20N2O3. The maximum absolute atomic E-state index is 9.41. The van der Waals surface area contributed by atoms with E-state index in [0.29, 0.717) is 0 Å². The van der Waals surface area contributed by atoms with Crippen LogP contribution in [-0.2, 0) is 4.79 Å². The standard InChI is InChI=1S/C5H14NO.C3H7NO2/c1-6(2,3)4-5-7;4-2-1-3(5)6/h7H,4-5H2,1-3H3;1-2,4H2,(H,5,6)/q+1;/p-1. The zero-order chi connectivity index (χ0) is 10.9. The lowest BCUT2D eigenvalue weighted by atomic mass is 10.5. The molecular weight excluding hydrogens is 172 g/mol. The Bertz CT molecular complexity index is 132. The smallest absolute Gasteiger partial charge is 0.101 e. The van der Waals surface area contributed by atoms with Gasteiger partial charge in [0, 0.05) is 5.97 Å².